The topological polar surface area (TPSA) is 109 Å². The first-order chi connectivity index (χ1) is 16.7. The van der Waals surface area contributed by atoms with Gasteiger partial charge in [-0.2, -0.15) is 13.2 Å². The van der Waals surface area contributed by atoms with Gasteiger partial charge in [-0.05, 0) is 30.7 Å². The van der Waals surface area contributed by atoms with E-state index in [1.54, 1.807) is 18.2 Å². The molecule has 14 heteroatoms. The number of ether oxygens (including phenoxy) is 2. The summed E-state index contributed by atoms with van der Waals surface area (Å²) >= 11 is 0. The molecule has 0 radical (unpaired) electrons. The average Bonchev–Trinajstić information content (AvgIpc) is 3.29. The van der Waals surface area contributed by atoms with Crippen LogP contribution in [-0.4, -0.2) is 54.0 Å². The number of alkyl halides is 5. The third-order valence-corrected chi connectivity index (χ3v) is 4.02. The predicted molar refractivity (Wildman–Crippen MR) is 113 cm³/mol. The number of hydrogen-bond donors (Lipinski definition) is 1. The summed E-state index contributed by atoms with van der Waals surface area (Å²) in [6.07, 6.45) is 0.230. The Morgan fingerprint density at radius 2 is 1.83 bits per heavy atom. The molecule has 0 aliphatic heterocycles. The van der Waals surface area contributed by atoms with Gasteiger partial charge in [-0.1, -0.05) is 5.16 Å². The molecule has 0 aliphatic carbocycles. The van der Waals surface area contributed by atoms with Gasteiger partial charge in [0, 0.05) is 24.6 Å². The molecule has 0 bridgehead atoms. The van der Waals surface area contributed by atoms with Crippen molar-refractivity contribution in [1.29, 1.82) is 0 Å². The van der Waals surface area contributed by atoms with Crippen LogP contribution in [0.15, 0.2) is 46.2 Å². The van der Waals surface area contributed by atoms with Crippen LogP contribution in [0.5, 0.6) is 5.88 Å². The molecule has 2 N–H and O–H groups in total. The van der Waals surface area contributed by atoms with Crippen molar-refractivity contribution in [2.45, 2.75) is 26.4 Å². The van der Waals surface area contributed by atoms with Crippen LogP contribution >= 0.6 is 0 Å². The van der Waals surface area contributed by atoms with E-state index in [1.807, 2.05) is 6.92 Å². The largest absolute Gasteiger partial charge is 0.470 e. The van der Waals surface area contributed by atoms with E-state index < -0.39 is 19.7 Å². The van der Waals surface area contributed by atoms with Crippen molar-refractivity contribution in [2.75, 3.05) is 19.8 Å². The zero-order chi connectivity index (χ0) is 25.8. The van der Waals surface area contributed by atoms with Crippen LogP contribution in [0.25, 0.3) is 22.7 Å². The van der Waals surface area contributed by atoms with Crippen molar-refractivity contribution in [2.24, 2.45) is 10.7 Å². The molecule has 3 aromatic rings. The molecule has 2 aromatic heterocycles. The van der Waals surface area contributed by atoms with E-state index in [4.69, 9.17) is 19.7 Å². The van der Waals surface area contributed by atoms with Gasteiger partial charge in [0.15, 0.2) is 12.4 Å². The molecule has 1 aromatic carbocycles. The van der Waals surface area contributed by atoms with Crippen LogP contribution in [0, 0.1) is 5.82 Å². The Morgan fingerprint density at radius 1 is 1.09 bits per heavy atom. The number of hydrogen-bond acceptors (Lipinski definition) is 7. The van der Waals surface area contributed by atoms with Crippen molar-refractivity contribution in [3.8, 4) is 28.6 Å². The summed E-state index contributed by atoms with van der Waals surface area (Å²) in [5, 5.41) is 3.94. The van der Waals surface area contributed by atoms with Crippen molar-refractivity contribution < 1.29 is 40.3 Å². The zero-order valence-corrected chi connectivity index (χ0v) is 18.3. The molecule has 35 heavy (non-hydrogen) atoms. The Hall–Kier alpha value is -3.84. The van der Waals surface area contributed by atoms with Gasteiger partial charge in [0.2, 0.25) is 5.88 Å². The summed E-state index contributed by atoms with van der Waals surface area (Å²) in [6.45, 7) is -1.93. The van der Waals surface area contributed by atoms with E-state index >= 15 is 0 Å². The Balaban J connectivity index is 0.00000100. The van der Waals surface area contributed by atoms with Gasteiger partial charge in [-0.25, -0.2) is 28.1 Å². The van der Waals surface area contributed by atoms with Crippen LogP contribution in [-0.2, 0) is 11.2 Å². The number of halogens is 6. The second kappa shape index (κ2) is 13.8. The lowest BCUT2D eigenvalue weighted by molar-refractivity contribution is 0.00818. The molecule has 0 spiro atoms. The molecule has 0 fully saturated rings. The van der Waals surface area contributed by atoms with E-state index in [-0.39, 0.29) is 30.7 Å². The summed E-state index contributed by atoms with van der Waals surface area (Å²) < 4.78 is 82.9. The number of amidine groups is 1. The molecule has 190 valence electrons. The lowest BCUT2D eigenvalue weighted by Gasteiger charge is -2.07. The Kier molecular flexibility index (Phi) is 10.8. The van der Waals surface area contributed by atoms with Gasteiger partial charge < -0.3 is 19.7 Å². The molecule has 0 saturated carbocycles. The number of benzene rings is 1. The minimum absolute atomic E-state index is 0.0252. The zero-order valence-electron chi connectivity index (χ0n) is 18.3. The van der Waals surface area contributed by atoms with Crippen molar-refractivity contribution in [3.05, 3.63) is 48.0 Å². The van der Waals surface area contributed by atoms with Gasteiger partial charge in [-0.3, -0.25) is 0 Å². The molecular weight excluding hydrogens is 484 g/mol. The Labute approximate surface area is 195 Å². The van der Waals surface area contributed by atoms with E-state index in [0.717, 1.165) is 0 Å². The standard InChI is InChI=1S/C20H20F3N5O3.CHF3/c1-2-25-20(24)29-6-5-12-7-13(3-4-14(12)21)17-8-15(28-31-17)16-9-27-19(10-26-16)30-11-18(22)23;2-1(3)4/h3-4,7-10,18H,2,5-6,11H2,1H3,(H2,24,25);1H. The first-order valence-corrected chi connectivity index (χ1v) is 10.0. The number of aromatic nitrogens is 3. The van der Waals surface area contributed by atoms with Gasteiger partial charge in [0.25, 0.3) is 12.4 Å². The van der Waals surface area contributed by atoms with Gasteiger partial charge in [0.05, 0.1) is 19.0 Å². The second-order valence-corrected chi connectivity index (χ2v) is 6.48. The van der Waals surface area contributed by atoms with E-state index in [2.05, 4.69) is 20.1 Å². The Morgan fingerprint density at radius 3 is 2.46 bits per heavy atom. The molecule has 0 aliphatic rings. The Bertz CT molecular complexity index is 1080. The lowest BCUT2D eigenvalue weighted by atomic mass is 10.1. The quantitative estimate of drug-likeness (QED) is 0.256. The maximum atomic E-state index is 14.1. The molecule has 3 rings (SSSR count). The molecule has 0 amide bonds. The summed E-state index contributed by atoms with van der Waals surface area (Å²) in [4.78, 5) is 11.9. The van der Waals surface area contributed by atoms with Gasteiger partial charge >= 0.3 is 6.68 Å². The smallest absolute Gasteiger partial charge is 0.379 e. The third kappa shape index (κ3) is 9.51. The number of rotatable bonds is 9. The van der Waals surface area contributed by atoms with Crippen LogP contribution in [0.4, 0.5) is 26.3 Å². The molecule has 0 unspecified atom stereocenters. The minimum Gasteiger partial charge on any atom is -0.470 e. The van der Waals surface area contributed by atoms with Crippen LogP contribution in [0.1, 0.15) is 12.5 Å². The lowest BCUT2D eigenvalue weighted by Crippen LogP contribution is -2.18. The van der Waals surface area contributed by atoms with Crippen molar-refractivity contribution in [3.63, 3.8) is 0 Å². The van der Waals surface area contributed by atoms with E-state index in [1.165, 1.54) is 18.5 Å². The molecule has 2 heterocycles. The highest BCUT2D eigenvalue weighted by atomic mass is 19.4. The second-order valence-electron chi connectivity index (χ2n) is 6.48. The highest BCUT2D eigenvalue weighted by Gasteiger charge is 2.13. The van der Waals surface area contributed by atoms with E-state index in [0.29, 0.717) is 34.8 Å². The third-order valence-electron chi connectivity index (χ3n) is 4.02. The fourth-order valence-electron chi connectivity index (χ4n) is 2.59. The molecular formula is C21H21F6N5O3. The highest BCUT2D eigenvalue weighted by Crippen LogP contribution is 2.27. The number of nitrogens with two attached hydrogens (primary N) is 1. The van der Waals surface area contributed by atoms with Crippen molar-refractivity contribution in [1.82, 2.24) is 15.1 Å². The van der Waals surface area contributed by atoms with Crippen molar-refractivity contribution >= 4 is 6.02 Å². The SMILES string of the molecule is CCN=C(N)OCCc1cc(-c2cc(-c3cnc(OCC(F)F)cn3)no2)ccc1F.FC(F)F. The fourth-order valence-corrected chi connectivity index (χ4v) is 2.59. The first-order valence-electron chi connectivity index (χ1n) is 10.0. The number of nitrogens with zero attached hydrogens (tertiary/aromatic N) is 4. The minimum atomic E-state index is -3.67. The van der Waals surface area contributed by atoms with Gasteiger partial charge in [0.1, 0.15) is 17.2 Å². The summed E-state index contributed by atoms with van der Waals surface area (Å²) in [6, 6.07) is 6.19. The van der Waals surface area contributed by atoms with Crippen LogP contribution < -0.4 is 10.5 Å². The maximum absolute atomic E-state index is 14.1. The molecule has 0 atom stereocenters. The van der Waals surface area contributed by atoms with Crippen LogP contribution in [0.3, 0.4) is 0 Å². The van der Waals surface area contributed by atoms with E-state index in [9.17, 15) is 26.3 Å². The highest BCUT2D eigenvalue weighted by molar-refractivity contribution is 5.71. The molecule has 8 nitrogen and oxygen atoms in total. The monoisotopic (exact) mass is 505 g/mol. The average molecular weight is 505 g/mol. The first kappa shape index (κ1) is 27.4. The summed E-state index contributed by atoms with van der Waals surface area (Å²) in [5.74, 6) is -0.0184. The van der Waals surface area contributed by atoms with Gasteiger partial charge in [-0.15, -0.1) is 0 Å². The summed E-state index contributed by atoms with van der Waals surface area (Å²) in [5.41, 5.74) is 7.32. The normalized spacial score (nSPS) is 11.4. The molecule has 0 saturated heterocycles. The summed E-state index contributed by atoms with van der Waals surface area (Å²) in [7, 11) is 0. The fraction of sp³-hybridized carbons (Fsp3) is 0.333. The maximum Gasteiger partial charge on any atom is 0.379 e. The van der Waals surface area contributed by atoms with Crippen LogP contribution in [0.2, 0.25) is 0 Å². The predicted octanol–water partition coefficient (Wildman–Crippen LogP) is 4.65. The number of aliphatic imine (C=N–C) groups is 1.